The van der Waals surface area contributed by atoms with Gasteiger partial charge in [0.05, 0.1) is 25.2 Å². The minimum absolute atomic E-state index is 0.0179. The molecule has 2 atom stereocenters. The number of hydrogen-bond donors (Lipinski definition) is 2. The van der Waals surface area contributed by atoms with Gasteiger partial charge in [0, 0.05) is 38.4 Å². The molecule has 2 heterocycles. The number of hydrogen-bond acceptors (Lipinski definition) is 4. The molecule has 2 N–H and O–H groups in total. The molecular formula is C25H32N4O3. The molecule has 32 heavy (non-hydrogen) atoms. The molecular weight excluding hydrogens is 404 g/mol. The summed E-state index contributed by atoms with van der Waals surface area (Å²) in [6.45, 7) is 5.05. The van der Waals surface area contributed by atoms with E-state index in [4.69, 9.17) is 4.74 Å². The zero-order chi connectivity index (χ0) is 22.2. The first kappa shape index (κ1) is 22.3. The van der Waals surface area contributed by atoms with Gasteiger partial charge in [0.1, 0.15) is 0 Å². The smallest absolute Gasteiger partial charge is 0.321 e. The van der Waals surface area contributed by atoms with E-state index in [9.17, 15) is 9.59 Å². The van der Waals surface area contributed by atoms with Gasteiger partial charge in [-0.25, -0.2) is 4.79 Å². The Kier molecular flexibility index (Phi) is 7.74. The number of para-hydroxylation sites is 1. The van der Waals surface area contributed by atoms with Gasteiger partial charge in [-0.3, -0.25) is 9.69 Å². The fraction of sp³-hybridized carbons (Fsp3) is 0.440. The minimum atomic E-state index is -0.207. The Morgan fingerprint density at radius 3 is 2.38 bits per heavy atom. The number of piperidine rings is 1. The van der Waals surface area contributed by atoms with E-state index in [1.54, 1.807) is 4.90 Å². The molecule has 0 aromatic heterocycles. The van der Waals surface area contributed by atoms with Crippen LogP contribution >= 0.6 is 0 Å². The van der Waals surface area contributed by atoms with Gasteiger partial charge >= 0.3 is 6.03 Å². The van der Waals surface area contributed by atoms with E-state index < -0.39 is 0 Å². The number of amides is 3. The highest BCUT2D eigenvalue weighted by molar-refractivity contribution is 5.90. The van der Waals surface area contributed by atoms with Crippen molar-refractivity contribution < 1.29 is 14.3 Å². The van der Waals surface area contributed by atoms with E-state index in [1.165, 1.54) is 0 Å². The standard InChI is InChI=1S/C25H32N4O3/c30-24(21-10-7-13-29(18-21)25(31)26-22-11-5-2-6-12-22)27-23(20-8-3-1-4-9-20)19-28-14-16-32-17-15-28/h1-6,8-9,11-12,21,23H,7,10,13-19H2,(H,26,31)(H,27,30)/t21-,23+/m1/s1. The summed E-state index contributed by atoms with van der Waals surface area (Å²) in [6, 6.07) is 19.3. The molecule has 0 unspecified atom stereocenters. The number of rotatable bonds is 6. The van der Waals surface area contributed by atoms with Crippen LogP contribution in [0.3, 0.4) is 0 Å². The summed E-state index contributed by atoms with van der Waals surface area (Å²) in [7, 11) is 0. The van der Waals surface area contributed by atoms with E-state index in [1.807, 2.05) is 48.5 Å². The molecule has 2 aromatic rings. The number of morpholine rings is 1. The lowest BCUT2D eigenvalue weighted by Crippen LogP contribution is -2.49. The molecule has 4 rings (SSSR count). The van der Waals surface area contributed by atoms with Crippen LogP contribution in [0.1, 0.15) is 24.4 Å². The number of carbonyl (C=O) groups excluding carboxylic acids is 2. The van der Waals surface area contributed by atoms with Crippen molar-refractivity contribution in [1.29, 1.82) is 0 Å². The largest absolute Gasteiger partial charge is 0.379 e. The van der Waals surface area contributed by atoms with Crippen LogP contribution in [0, 0.1) is 5.92 Å². The van der Waals surface area contributed by atoms with E-state index >= 15 is 0 Å². The summed E-state index contributed by atoms with van der Waals surface area (Å²) in [5, 5.41) is 6.21. The van der Waals surface area contributed by atoms with Gasteiger partial charge in [-0.1, -0.05) is 48.5 Å². The average molecular weight is 437 g/mol. The maximum atomic E-state index is 13.2. The van der Waals surface area contributed by atoms with Gasteiger partial charge in [0.15, 0.2) is 0 Å². The highest BCUT2D eigenvalue weighted by Crippen LogP contribution is 2.21. The molecule has 0 spiro atoms. The molecule has 0 saturated carbocycles. The summed E-state index contributed by atoms with van der Waals surface area (Å²) in [6.07, 6.45) is 1.61. The zero-order valence-corrected chi connectivity index (χ0v) is 18.4. The molecule has 0 aliphatic carbocycles. The molecule has 0 bridgehead atoms. The Labute approximate surface area is 189 Å². The maximum absolute atomic E-state index is 13.2. The number of carbonyl (C=O) groups is 2. The summed E-state index contributed by atoms with van der Waals surface area (Å²) >= 11 is 0. The predicted octanol–water partition coefficient (Wildman–Crippen LogP) is 3.12. The first-order valence-electron chi connectivity index (χ1n) is 11.5. The average Bonchev–Trinajstić information content (AvgIpc) is 2.85. The van der Waals surface area contributed by atoms with Gasteiger partial charge in [-0.2, -0.15) is 0 Å². The molecule has 3 amide bonds. The number of anilines is 1. The van der Waals surface area contributed by atoms with Gasteiger partial charge in [-0.15, -0.1) is 0 Å². The normalized spacial score (nSPS) is 20.4. The van der Waals surface area contributed by atoms with Crippen LogP contribution in [0.5, 0.6) is 0 Å². The number of urea groups is 1. The van der Waals surface area contributed by atoms with Gasteiger partial charge in [0.2, 0.25) is 5.91 Å². The van der Waals surface area contributed by atoms with E-state index in [2.05, 4.69) is 27.7 Å². The van der Waals surface area contributed by atoms with Gasteiger partial charge < -0.3 is 20.3 Å². The molecule has 7 nitrogen and oxygen atoms in total. The monoisotopic (exact) mass is 436 g/mol. The van der Waals surface area contributed by atoms with Crippen LogP contribution < -0.4 is 10.6 Å². The molecule has 2 saturated heterocycles. The van der Waals surface area contributed by atoms with Crippen LogP contribution in [0.15, 0.2) is 60.7 Å². The minimum Gasteiger partial charge on any atom is -0.379 e. The maximum Gasteiger partial charge on any atom is 0.321 e. The van der Waals surface area contributed by atoms with Crippen molar-refractivity contribution in [2.45, 2.75) is 18.9 Å². The third-order valence-corrected chi connectivity index (χ3v) is 6.17. The molecule has 7 heteroatoms. The van der Waals surface area contributed by atoms with E-state index in [-0.39, 0.29) is 23.9 Å². The predicted molar refractivity (Wildman–Crippen MR) is 124 cm³/mol. The highest BCUT2D eigenvalue weighted by Gasteiger charge is 2.30. The second-order valence-corrected chi connectivity index (χ2v) is 8.47. The SMILES string of the molecule is O=C(N[C@@H](CN1CCOCC1)c1ccccc1)[C@@H]1CCCN(C(=O)Nc2ccccc2)C1. The Hall–Kier alpha value is -2.90. The number of nitrogens with zero attached hydrogens (tertiary/aromatic N) is 2. The Balaban J connectivity index is 1.38. The quantitative estimate of drug-likeness (QED) is 0.730. The zero-order valence-electron chi connectivity index (χ0n) is 18.4. The van der Waals surface area contributed by atoms with Crippen molar-refractivity contribution in [3.8, 4) is 0 Å². The third kappa shape index (κ3) is 6.08. The molecule has 2 fully saturated rings. The van der Waals surface area contributed by atoms with Crippen molar-refractivity contribution in [1.82, 2.24) is 15.1 Å². The van der Waals surface area contributed by atoms with E-state index in [0.29, 0.717) is 13.1 Å². The van der Waals surface area contributed by atoms with Gasteiger partial charge in [-0.05, 0) is 30.5 Å². The Morgan fingerprint density at radius 2 is 1.66 bits per heavy atom. The second-order valence-electron chi connectivity index (χ2n) is 8.47. The van der Waals surface area contributed by atoms with Crippen molar-refractivity contribution in [3.63, 3.8) is 0 Å². The lowest BCUT2D eigenvalue weighted by molar-refractivity contribution is -0.127. The fourth-order valence-electron chi connectivity index (χ4n) is 4.35. The topological polar surface area (TPSA) is 73.9 Å². The highest BCUT2D eigenvalue weighted by atomic mass is 16.5. The lowest BCUT2D eigenvalue weighted by atomic mass is 9.96. The van der Waals surface area contributed by atoms with Crippen LogP contribution in [0.4, 0.5) is 10.5 Å². The first-order valence-corrected chi connectivity index (χ1v) is 11.5. The number of ether oxygens (including phenoxy) is 1. The molecule has 170 valence electrons. The van der Waals surface area contributed by atoms with Crippen LogP contribution in [0.2, 0.25) is 0 Å². The summed E-state index contributed by atoms with van der Waals surface area (Å²) in [4.78, 5) is 30.0. The van der Waals surface area contributed by atoms with Crippen LogP contribution in [-0.4, -0.2) is 67.7 Å². The van der Waals surface area contributed by atoms with Crippen LogP contribution in [0.25, 0.3) is 0 Å². The van der Waals surface area contributed by atoms with Gasteiger partial charge in [0.25, 0.3) is 0 Å². The van der Waals surface area contributed by atoms with Crippen molar-refractivity contribution in [2.75, 3.05) is 51.3 Å². The van der Waals surface area contributed by atoms with Crippen LogP contribution in [-0.2, 0) is 9.53 Å². The third-order valence-electron chi connectivity index (χ3n) is 6.17. The van der Waals surface area contributed by atoms with Crippen molar-refractivity contribution in [3.05, 3.63) is 66.2 Å². The fourth-order valence-corrected chi connectivity index (χ4v) is 4.35. The Morgan fingerprint density at radius 1 is 0.969 bits per heavy atom. The second kappa shape index (κ2) is 11.1. The molecule has 2 aromatic carbocycles. The van der Waals surface area contributed by atoms with Crippen molar-refractivity contribution >= 4 is 17.6 Å². The molecule has 2 aliphatic heterocycles. The lowest BCUT2D eigenvalue weighted by Gasteiger charge is -2.34. The Bertz CT molecular complexity index is 871. The van der Waals surface area contributed by atoms with E-state index in [0.717, 1.165) is 56.9 Å². The summed E-state index contributed by atoms with van der Waals surface area (Å²) < 4.78 is 5.47. The molecule has 2 aliphatic rings. The molecule has 0 radical (unpaired) electrons. The number of benzene rings is 2. The van der Waals surface area contributed by atoms with Crippen molar-refractivity contribution in [2.24, 2.45) is 5.92 Å². The number of likely N-dealkylation sites (tertiary alicyclic amines) is 1. The first-order chi connectivity index (χ1) is 15.7. The number of nitrogens with one attached hydrogen (secondary N) is 2. The summed E-state index contributed by atoms with van der Waals surface area (Å²) in [5.41, 5.74) is 1.86. The summed E-state index contributed by atoms with van der Waals surface area (Å²) in [5.74, 6) is -0.189.